The number of benzene rings is 1. The van der Waals surface area contributed by atoms with Crippen LogP contribution < -0.4 is 10.9 Å². The van der Waals surface area contributed by atoms with Crippen molar-refractivity contribution in [3.8, 4) is 0 Å². The third-order valence-electron chi connectivity index (χ3n) is 3.52. The average Bonchev–Trinajstić information content (AvgIpc) is 3.28. The van der Waals surface area contributed by atoms with Gasteiger partial charge in [0.1, 0.15) is 5.82 Å². The molecule has 1 aliphatic rings. The highest BCUT2D eigenvalue weighted by Crippen LogP contribution is 2.49. The standard InChI is InChI=1S/C14H12ClFN4O/c15-11-12(18-8-7-17-11)19-20-13(21)14(5-6-14)9-3-1-2-4-10(9)16/h1-4,7-8H,5-6H2,(H,18,19)(H,20,21). The molecule has 0 bridgehead atoms. The molecular formula is C14H12ClFN4O. The molecule has 108 valence electrons. The van der Waals surface area contributed by atoms with Crippen LogP contribution in [0, 0.1) is 5.82 Å². The highest BCUT2D eigenvalue weighted by Gasteiger charge is 2.52. The molecule has 21 heavy (non-hydrogen) atoms. The summed E-state index contributed by atoms with van der Waals surface area (Å²) in [6, 6.07) is 6.32. The van der Waals surface area contributed by atoms with Crippen molar-refractivity contribution in [3.05, 3.63) is 53.2 Å². The Hall–Kier alpha value is -2.21. The molecule has 7 heteroatoms. The summed E-state index contributed by atoms with van der Waals surface area (Å²) in [5.74, 6) is -0.436. The van der Waals surface area contributed by atoms with Crippen LogP contribution in [0.2, 0.25) is 5.15 Å². The predicted octanol–water partition coefficient (Wildman–Crippen LogP) is 2.44. The minimum Gasteiger partial charge on any atom is -0.279 e. The fraction of sp³-hybridized carbons (Fsp3) is 0.214. The van der Waals surface area contributed by atoms with E-state index in [9.17, 15) is 9.18 Å². The number of hydrogen-bond acceptors (Lipinski definition) is 4. The molecule has 1 aliphatic carbocycles. The van der Waals surface area contributed by atoms with Gasteiger partial charge in [-0.3, -0.25) is 15.6 Å². The van der Waals surface area contributed by atoms with E-state index in [4.69, 9.17) is 11.6 Å². The van der Waals surface area contributed by atoms with Crippen LogP contribution in [0.4, 0.5) is 10.2 Å². The van der Waals surface area contributed by atoms with Gasteiger partial charge in [0.15, 0.2) is 11.0 Å². The average molecular weight is 307 g/mol. The summed E-state index contributed by atoms with van der Waals surface area (Å²) in [7, 11) is 0. The molecule has 1 fully saturated rings. The largest absolute Gasteiger partial charge is 0.279 e. The molecule has 5 nitrogen and oxygen atoms in total. The van der Waals surface area contributed by atoms with Gasteiger partial charge in [0.2, 0.25) is 5.91 Å². The van der Waals surface area contributed by atoms with Gasteiger partial charge in [0.05, 0.1) is 5.41 Å². The number of carbonyl (C=O) groups is 1. The first-order valence-corrected chi connectivity index (χ1v) is 6.79. The summed E-state index contributed by atoms with van der Waals surface area (Å²) in [4.78, 5) is 20.1. The van der Waals surface area contributed by atoms with Crippen LogP contribution in [0.5, 0.6) is 0 Å². The predicted molar refractivity (Wildman–Crippen MR) is 76.1 cm³/mol. The SMILES string of the molecule is O=C(NNc1nccnc1Cl)C1(c2ccccc2F)CC1. The lowest BCUT2D eigenvalue weighted by Crippen LogP contribution is -2.39. The lowest BCUT2D eigenvalue weighted by Gasteiger charge is -2.17. The fourth-order valence-corrected chi connectivity index (χ4v) is 2.39. The van der Waals surface area contributed by atoms with E-state index in [-0.39, 0.29) is 22.7 Å². The maximum atomic E-state index is 13.9. The van der Waals surface area contributed by atoms with Crippen LogP contribution in [0.25, 0.3) is 0 Å². The van der Waals surface area contributed by atoms with Crippen LogP contribution in [-0.2, 0) is 10.2 Å². The second-order valence-corrected chi connectivity index (χ2v) is 5.19. The van der Waals surface area contributed by atoms with Crippen molar-refractivity contribution >= 4 is 23.3 Å². The molecule has 2 aromatic rings. The van der Waals surface area contributed by atoms with E-state index < -0.39 is 5.41 Å². The van der Waals surface area contributed by atoms with Crippen LogP contribution in [0.15, 0.2) is 36.7 Å². The highest BCUT2D eigenvalue weighted by atomic mass is 35.5. The second kappa shape index (κ2) is 5.29. The van der Waals surface area contributed by atoms with Gasteiger partial charge in [-0.15, -0.1) is 0 Å². The van der Waals surface area contributed by atoms with E-state index >= 15 is 0 Å². The monoisotopic (exact) mass is 306 g/mol. The number of aromatic nitrogens is 2. The smallest absolute Gasteiger partial charge is 0.249 e. The molecular weight excluding hydrogens is 295 g/mol. The summed E-state index contributed by atoms with van der Waals surface area (Å²) in [6.07, 6.45) is 4.10. The number of nitrogens with one attached hydrogen (secondary N) is 2. The molecule has 1 amide bonds. The van der Waals surface area contributed by atoms with Crippen molar-refractivity contribution in [3.63, 3.8) is 0 Å². The fourth-order valence-electron chi connectivity index (χ4n) is 2.23. The molecule has 2 N–H and O–H groups in total. The summed E-state index contributed by atoms with van der Waals surface area (Å²) in [5, 5.41) is 0.147. The van der Waals surface area contributed by atoms with Crippen molar-refractivity contribution in [1.82, 2.24) is 15.4 Å². The Morgan fingerprint density at radius 2 is 1.95 bits per heavy atom. The zero-order valence-corrected chi connectivity index (χ0v) is 11.7. The van der Waals surface area contributed by atoms with E-state index in [0.29, 0.717) is 18.4 Å². The molecule has 1 aromatic heterocycles. The van der Waals surface area contributed by atoms with Crippen molar-refractivity contribution in [1.29, 1.82) is 0 Å². The van der Waals surface area contributed by atoms with Gasteiger partial charge in [-0.2, -0.15) is 0 Å². The normalized spacial score (nSPS) is 15.3. The molecule has 0 atom stereocenters. The zero-order valence-electron chi connectivity index (χ0n) is 10.9. The minimum atomic E-state index is -0.812. The van der Waals surface area contributed by atoms with Gasteiger partial charge in [0.25, 0.3) is 0 Å². The van der Waals surface area contributed by atoms with Gasteiger partial charge in [-0.05, 0) is 18.9 Å². The Morgan fingerprint density at radius 3 is 2.62 bits per heavy atom. The number of amides is 1. The van der Waals surface area contributed by atoms with E-state index in [1.807, 2.05) is 0 Å². The number of hydrazine groups is 1. The van der Waals surface area contributed by atoms with E-state index in [2.05, 4.69) is 20.8 Å². The van der Waals surface area contributed by atoms with Gasteiger partial charge < -0.3 is 0 Å². The molecule has 1 heterocycles. The zero-order chi connectivity index (χ0) is 14.9. The third-order valence-corrected chi connectivity index (χ3v) is 3.80. The summed E-state index contributed by atoms with van der Waals surface area (Å²) < 4.78 is 13.9. The number of nitrogens with zero attached hydrogens (tertiary/aromatic N) is 2. The number of anilines is 1. The van der Waals surface area contributed by atoms with E-state index in [0.717, 1.165) is 0 Å². The van der Waals surface area contributed by atoms with Gasteiger partial charge in [-0.1, -0.05) is 29.8 Å². The van der Waals surface area contributed by atoms with Crippen molar-refractivity contribution in [2.75, 3.05) is 5.43 Å². The lowest BCUT2D eigenvalue weighted by atomic mass is 9.95. The Bertz CT molecular complexity index is 690. The van der Waals surface area contributed by atoms with Crippen LogP contribution >= 0.6 is 11.6 Å². The Kier molecular flexibility index (Phi) is 3.47. The Labute approximate surface area is 125 Å². The maximum absolute atomic E-state index is 13.9. The molecule has 1 aromatic carbocycles. The van der Waals surface area contributed by atoms with E-state index in [1.54, 1.807) is 18.2 Å². The maximum Gasteiger partial charge on any atom is 0.249 e. The van der Waals surface area contributed by atoms with Gasteiger partial charge in [0, 0.05) is 18.0 Å². The van der Waals surface area contributed by atoms with Gasteiger partial charge in [-0.25, -0.2) is 14.4 Å². The topological polar surface area (TPSA) is 66.9 Å². The molecule has 0 saturated heterocycles. The Balaban J connectivity index is 1.74. The number of halogens is 2. The summed E-state index contributed by atoms with van der Waals surface area (Å²) >= 11 is 5.83. The quantitative estimate of drug-likeness (QED) is 0.852. The van der Waals surface area contributed by atoms with Crippen LogP contribution in [0.3, 0.4) is 0 Å². The summed E-state index contributed by atoms with van der Waals surface area (Å²) in [6.45, 7) is 0. The number of carbonyl (C=O) groups excluding carboxylic acids is 1. The number of hydrogen-bond donors (Lipinski definition) is 2. The van der Waals surface area contributed by atoms with Crippen molar-refractivity contribution < 1.29 is 9.18 Å². The summed E-state index contributed by atoms with van der Waals surface area (Å²) in [5.41, 5.74) is 4.75. The van der Waals surface area contributed by atoms with Crippen LogP contribution in [0.1, 0.15) is 18.4 Å². The Morgan fingerprint density at radius 1 is 1.24 bits per heavy atom. The third kappa shape index (κ3) is 2.54. The highest BCUT2D eigenvalue weighted by molar-refractivity contribution is 6.31. The molecule has 1 saturated carbocycles. The van der Waals surface area contributed by atoms with Crippen LogP contribution in [-0.4, -0.2) is 15.9 Å². The molecule has 0 unspecified atom stereocenters. The van der Waals surface area contributed by atoms with E-state index in [1.165, 1.54) is 18.5 Å². The molecule has 0 aliphatic heterocycles. The molecule has 0 spiro atoms. The van der Waals surface area contributed by atoms with Crippen molar-refractivity contribution in [2.45, 2.75) is 18.3 Å². The minimum absolute atomic E-state index is 0.147. The first kappa shape index (κ1) is 13.8. The first-order chi connectivity index (χ1) is 10.1. The first-order valence-electron chi connectivity index (χ1n) is 6.41. The van der Waals surface area contributed by atoms with Gasteiger partial charge >= 0.3 is 0 Å². The second-order valence-electron chi connectivity index (χ2n) is 4.84. The molecule has 0 radical (unpaired) electrons. The number of rotatable bonds is 4. The lowest BCUT2D eigenvalue weighted by molar-refractivity contribution is -0.123. The van der Waals surface area contributed by atoms with Crippen molar-refractivity contribution in [2.24, 2.45) is 0 Å². The molecule has 3 rings (SSSR count).